The smallest absolute Gasteiger partial charge is 0.140 e. The lowest BCUT2D eigenvalue weighted by atomic mass is 10.0. The summed E-state index contributed by atoms with van der Waals surface area (Å²) in [5.74, 6) is 0.810. The molecule has 0 aromatic heterocycles. The van der Waals surface area contributed by atoms with Crippen molar-refractivity contribution in [1.29, 1.82) is 0 Å². The van der Waals surface area contributed by atoms with Crippen LogP contribution in [0.2, 0.25) is 5.02 Å². The van der Waals surface area contributed by atoms with E-state index in [0.29, 0.717) is 5.02 Å². The largest absolute Gasteiger partial charge is 0.484 e. The van der Waals surface area contributed by atoms with Gasteiger partial charge in [0.2, 0.25) is 0 Å². The maximum Gasteiger partial charge on any atom is 0.140 e. The molecule has 0 saturated carbocycles. The first-order valence-electron chi connectivity index (χ1n) is 6.85. The van der Waals surface area contributed by atoms with Crippen molar-refractivity contribution < 1.29 is 4.74 Å². The molecule has 0 aliphatic heterocycles. The average molecular weight is 290 g/mol. The van der Waals surface area contributed by atoms with Gasteiger partial charge in [-0.1, -0.05) is 54.4 Å². The molecule has 0 heterocycles. The SMILES string of the molecule is CCC(N)C(Oc1ccc(C)cc1)c1ccccc1Cl. The van der Waals surface area contributed by atoms with Gasteiger partial charge in [-0.3, -0.25) is 0 Å². The van der Waals surface area contributed by atoms with Crippen LogP contribution < -0.4 is 10.5 Å². The van der Waals surface area contributed by atoms with Crippen molar-refractivity contribution in [3.05, 3.63) is 64.7 Å². The van der Waals surface area contributed by atoms with E-state index in [1.54, 1.807) is 0 Å². The Morgan fingerprint density at radius 1 is 1.10 bits per heavy atom. The number of rotatable bonds is 5. The Morgan fingerprint density at radius 2 is 1.75 bits per heavy atom. The number of hydrogen-bond acceptors (Lipinski definition) is 2. The highest BCUT2D eigenvalue weighted by molar-refractivity contribution is 6.31. The molecule has 0 spiro atoms. The van der Waals surface area contributed by atoms with E-state index < -0.39 is 0 Å². The second-order valence-corrected chi connectivity index (χ2v) is 5.35. The number of hydrogen-bond donors (Lipinski definition) is 1. The third-order valence-electron chi connectivity index (χ3n) is 3.36. The molecular formula is C17H20ClNO. The van der Waals surface area contributed by atoms with Crippen molar-refractivity contribution >= 4 is 11.6 Å². The highest BCUT2D eigenvalue weighted by Crippen LogP contribution is 2.30. The van der Waals surface area contributed by atoms with Crippen molar-refractivity contribution in [3.63, 3.8) is 0 Å². The number of halogens is 1. The Balaban J connectivity index is 2.29. The van der Waals surface area contributed by atoms with Crippen LogP contribution in [0.1, 0.15) is 30.6 Å². The molecule has 106 valence electrons. The zero-order valence-electron chi connectivity index (χ0n) is 11.8. The molecule has 0 aliphatic rings. The van der Waals surface area contributed by atoms with Crippen molar-refractivity contribution in [2.45, 2.75) is 32.4 Å². The Morgan fingerprint density at radius 3 is 2.35 bits per heavy atom. The third kappa shape index (κ3) is 3.53. The highest BCUT2D eigenvalue weighted by Gasteiger charge is 2.22. The summed E-state index contributed by atoms with van der Waals surface area (Å²) in [5.41, 5.74) is 8.35. The van der Waals surface area contributed by atoms with Crippen LogP contribution in [-0.2, 0) is 0 Å². The molecule has 2 atom stereocenters. The maximum absolute atomic E-state index is 6.28. The second kappa shape index (κ2) is 6.78. The minimum absolute atomic E-state index is 0.101. The minimum Gasteiger partial charge on any atom is -0.484 e. The van der Waals surface area contributed by atoms with Gasteiger partial charge in [0.25, 0.3) is 0 Å². The second-order valence-electron chi connectivity index (χ2n) is 4.95. The zero-order chi connectivity index (χ0) is 14.5. The molecule has 3 heteroatoms. The molecule has 2 aromatic rings. The van der Waals surface area contributed by atoms with E-state index in [4.69, 9.17) is 22.1 Å². The van der Waals surface area contributed by atoms with Gasteiger partial charge < -0.3 is 10.5 Å². The maximum atomic E-state index is 6.28. The van der Waals surface area contributed by atoms with Gasteiger partial charge in [-0.25, -0.2) is 0 Å². The molecule has 0 saturated heterocycles. The Bertz CT molecular complexity index is 553. The standard InChI is InChI=1S/C17H20ClNO/c1-3-16(19)17(14-6-4-5-7-15(14)18)20-13-10-8-12(2)9-11-13/h4-11,16-17H,3,19H2,1-2H3. The summed E-state index contributed by atoms with van der Waals surface area (Å²) in [5, 5.41) is 0.688. The van der Waals surface area contributed by atoms with Gasteiger partial charge in [0, 0.05) is 16.6 Å². The fraction of sp³-hybridized carbons (Fsp3) is 0.294. The molecule has 0 radical (unpaired) electrons. The molecule has 2 N–H and O–H groups in total. The molecule has 0 bridgehead atoms. The van der Waals surface area contributed by atoms with Gasteiger partial charge in [-0.05, 0) is 31.5 Å². The lowest BCUT2D eigenvalue weighted by Gasteiger charge is -2.25. The summed E-state index contributed by atoms with van der Waals surface area (Å²) < 4.78 is 6.08. The summed E-state index contributed by atoms with van der Waals surface area (Å²) >= 11 is 6.28. The molecular weight excluding hydrogens is 270 g/mol. The minimum atomic E-state index is -0.239. The van der Waals surface area contributed by atoms with Gasteiger partial charge in [0.05, 0.1) is 0 Å². The number of ether oxygens (including phenoxy) is 1. The first kappa shape index (κ1) is 14.9. The summed E-state index contributed by atoms with van der Waals surface area (Å²) in [7, 11) is 0. The number of benzene rings is 2. The summed E-state index contributed by atoms with van der Waals surface area (Å²) in [6.45, 7) is 4.10. The summed E-state index contributed by atoms with van der Waals surface area (Å²) in [4.78, 5) is 0. The fourth-order valence-corrected chi connectivity index (χ4v) is 2.31. The van der Waals surface area contributed by atoms with Crippen LogP contribution in [0.5, 0.6) is 5.75 Å². The molecule has 2 nitrogen and oxygen atoms in total. The normalized spacial score (nSPS) is 13.8. The van der Waals surface area contributed by atoms with E-state index in [1.165, 1.54) is 5.56 Å². The molecule has 2 unspecified atom stereocenters. The topological polar surface area (TPSA) is 35.2 Å². The van der Waals surface area contributed by atoms with Crippen LogP contribution in [0.15, 0.2) is 48.5 Å². The zero-order valence-corrected chi connectivity index (χ0v) is 12.6. The molecule has 0 aliphatic carbocycles. The molecule has 0 amide bonds. The summed E-state index contributed by atoms with van der Waals surface area (Å²) in [6, 6.07) is 15.6. The van der Waals surface area contributed by atoms with Crippen molar-refractivity contribution in [1.82, 2.24) is 0 Å². The van der Waals surface area contributed by atoms with E-state index in [-0.39, 0.29) is 12.1 Å². The predicted molar refractivity (Wildman–Crippen MR) is 84.3 cm³/mol. The lowest BCUT2D eigenvalue weighted by molar-refractivity contribution is 0.171. The van der Waals surface area contributed by atoms with Crippen LogP contribution in [0.3, 0.4) is 0 Å². The molecule has 20 heavy (non-hydrogen) atoms. The lowest BCUT2D eigenvalue weighted by Crippen LogP contribution is -2.31. The first-order valence-corrected chi connectivity index (χ1v) is 7.23. The van der Waals surface area contributed by atoms with E-state index in [9.17, 15) is 0 Å². The van der Waals surface area contributed by atoms with Gasteiger partial charge >= 0.3 is 0 Å². The quantitative estimate of drug-likeness (QED) is 0.879. The Kier molecular flexibility index (Phi) is 5.05. The van der Waals surface area contributed by atoms with Gasteiger partial charge in [0.15, 0.2) is 0 Å². The van der Waals surface area contributed by atoms with Gasteiger partial charge in [-0.15, -0.1) is 0 Å². The van der Waals surface area contributed by atoms with Gasteiger partial charge in [0.1, 0.15) is 11.9 Å². The van der Waals surface area contributed by atoms with Crippen LogP contribution in [-0.4, -0.2) is 6.04 Å². The molecule has 2 rings (SSSR count). The van der Waals surface area contributed by atoms with Crippen LogP contribution in [0, 0.1) is 6.92 Å². The van der Waals surface area contributed by atoms with E-state index in [0.717, 1.165) is 17.7 Å². The average Bonchev–Trinajstić information content (AvgIpc) is 2.47. The van der Waals surface area contributed by atoms with E-state index in [1.807, 2.05) is 62.4 Å². The third-order valence-corrected chi connectivity index (χ3v) is 3.70. The number of nitrogens with two attached hydrogens (primary N) is 1. The van der Waals surface area contributed by atoms with Crippen molar-refractivity contribution in [2.24, 2.45) is 5.73 Å². The van der Waals surface area contributed by atoms with Crippen LogP contribution >= 0.6 is 11.6 Å². The first-order chi connectivity index (χ1) is 9.61. The number of aryl methyl sites for hydroxylation is 1. The summed E-state index contributed by atoms with van der Waals surface area (Å²) in [6.07, 6.45) is 0.582. The van der Waals surface area contributed by atoms with Crippen LogP contribution in [0.4, 0.5) is 0 Å². The monoisotopic (exact) mass is 289 g/mol. The fourth-order valence-electron chi connectivity index (χ4n) is 2.06. The van der Waals surface area contributed by atoms with Crippen molar-refractivity contribution in [2.75, 3.05) is 0 Å². The van der Waals surface area contributed by atoms with E-state index >= 15 is 0 Å². The Hall–Kier alpha value is -1.51. The van der Waals surface area contributed by atoms with Gasteiger partial charge in [-0.2, -0.15) is 0 Å². The Labute approximate surface area is 125 Å². The molecule has 2 aromatic carbocycles. The van der Waals surface area contributed by atoms with E-state index in [2.05, 4.69) is 0 Å². The van der Waals surface area contributed by atoms with Crippen LogP contribution in [0.25, 0.3) is 0 Å². The highest BCUT2D eigenvalue weighted by atomic mass is 35.5. The molecule has 0 fully saturated rings. The predicted octanol–water partition coefficient (Wildman–Crippen LogP) is 4.51. The van der Waals surface area contributed by atoms with Crippen molar-refractivity contribution in [3.8, 4) is 5.75 Å².